The van der Waals surface area contributed by atoms with E-state index in [4.69, 9.17) is 15.2 Å². The fourth-order valence-electron chi connectivity index (χ4n) is 3.51. The first-order valence-electron chi connectivity index (χ1n) is 8.65. The van der Waals surface area contributed by atoms with Gasteiger partial charge in [0, 0.05) is 5.56 Å². The topological polar surface area (TPSA) is 77.8 Å². The highest BCUT2D eigenvalue weighted by Gasteiger charge is 2.36. The number of nitrogens with two attached hydrogens (primary N) is 1. The van der Waals surface area contributed by atoms with Gasteiger partial charge in [-0.25, -0.2) is 4.98 Å². The Bertz CT molecular complexity index is 928. The van der Waals surface area contributed by atoms with Crippen LogP contribution in [0, 0.1) is 20.8 Å². The summed E-state index contributed by atoms with van der Waals surface area (Å²) in [7, 11) is 0. The Labute approximate surface area is 163 Å². The van der Waals surface area contributed by atoms with E-state index in [0.29, 0.717) is 11.7 Å². The number of thiazole rings is 1. The molecule has 26 heavy (non-hydrogen) atoms. The van der Waals surface area contributed by atoms with Gasteiger partial charge in [0.15, 0.2) is 5.82 Å². The van der Waals surface area contributed by atoms with E-state index in [9.17, 15) is 0 Å². The van der Waals surface area contributed by atoms with Gasteiger partial charge in [-0.1, -0.05) is 41.8 Å². The van der Waals surface area contributed by atoms with Crippen LogP contribution in [0.25, 0.3) is 21.3 Å². The summed E-state index contributed by atoms with van der Waals surface area (Å²) < 4.78 is 5.54. The molecule has 0 radical (unpaired) electrons. The lowest BCUT2D eigenvalue weighted by Gasteiger charge is -2.17. The molecule has 4 rings (SSSR count). The molecule has 0 amide bonds. The van der Waals surface area contributed by atoms with E-state index < -0.39 is 5.54 Å². The van der Waals surface area contributed by atoms with Gasteiger partial charge in [-0.3, -0.25) is 0 Å². The van der Waals surface area contributed by atoms with Gasteiger partial charge in [-0.2, -0.15) is 4.98 Å². The highest BCUT2D eigenvalue weighted by atomic mass is 35.5. The Hall–Kier alpha value is -1.76. The molecular weight excluding hydrogens is 368 g/mol. The summed E-state index contributed by atoms with van der Waals surface area (Å²) in [5.74, 6) is 1.15. The molecule has 2 aromatic heterocycles. The maximum Gasteiger partial charge on any atom is 0.270 e. The lowest BCUT2D eigenvalue weighted by atomic mass is 9.99. The number of hydrogen-bond donors (Lipinski definition) is 1. The number of rotatable bonds is 3. The van der Waals surface area contributed by atoms with Crippen molar-refractivity contribution < 1.29 is 4.52 Å². The third-order valence-electron chi connectivity index (χ3n) is 4.97. The standard InChI is InChI=1S/C19H22N4OS.ClH/c1-11-6-7-14(12(2)10-11)17-21-13(3)15(25-17)16-22-18(23-24-16)19(20)8-4-5-9-19;/h6-7,10H,4-5,8-9,20H2,1-3H3;1H. The zero-order chi connectivity index (χ0) is 17.6. The van der Waals surface area contributed by atoms with Crippen LogP contribution in [0.4, 0.5) is 0 Å². The molecule has 0 atom stereocenters. The Morgan fingerprint density at radius 2 is 1.85 bits per heavy atom. The van der Waals surface area contributed by atoms with Gasteiger partial charge < -0.3 is 10.3 Å². The van der Waals surface area contributed by atoms with Gasteiger partial charge in [0.1, 0.15) is 9.88 Å². The fraction of sp³-hybridized carbons (Fsp3) is 0.421. The molecule has 1 saturated carbocycles. The zero-order valence-corrected chi connectivity index (χ0v) is 16.8. The van der Waals surface area contributed by atoms with E-state index in [1.165, 1.54) is 11.1 Å². The molecule has 0 aliphatic heterocycles. The van der Waals surface area contributed by atoms with E-state index >= 15 is 0 Å². The molecule has 138 valence electrons. The van der Waals surface area contributed by atoms with Gasteiger partial charge in [0.2, 0.25) is 0 Å². The number of nitrogens with zero attached hydrogens (tertiary/aromatic N) is 3. The maximum atomic E-state index is 6.44. The summed E-state index contributed by atoms with van der Waals surface area (Å²) in [5, 5.41) is 5.15. The molecule has 1 aliphatic carbocycles. The molecule has 0 spiro atoms. The minimum Gasteiger partial charge on any atom is -0.333 e. The van der Waals surface area contributed by atoms with Crippen LogP contribution in [-0.4, -0.2) is 15.1 Å². The third kappa shape index (κ3) is 3.29. The van der Waals surface area contributed by atoms with Gasteiger partial charge >= 0.3 is 0 Å². The molecule has 0 unspecified atom stereocenters. The largest absolute Gasteiger partial charge is 0.333 e. The fourth-order valence-corrected chi connectivity index (χ4v) is 4.59. The number of aromatic nitrogens is 3. The molecule has 2 N–H and O–H groups in total. The Morgan fingerprint density at radius 1 is 1.12 bits per heavy atom. The first-order valence-corrected chi connectivity index (χ1v) is 9.46. The van der Waals surface area contributed by atoms with Crippen molar-refractivity contribution in [2.75, 3.05) is 0 Å². The van der Waals surface area contributed by atoms with E-state index in [1.807, 2.05) is 6.92 Å². The van der Waals surface area contributed by atoms with Crippen LogP contribution in [0.3, 0.4) is 0 Å². The molecule has 1 aliphatic rings. The first-order chi connectivity index (χ1) is 12.0. The summed E-state index contributed by atoms with van der Waals surface area (Å²) in [6, 6.07) is 6.41. The average molecular weight is 391 g/mol. The first kappa shape index (κ1) is 19.0. The molecule has 1 aromatic carbocycles. The lowest BCUT2D eigenvalue weighted by molar-refractivity contribution is 0.373. The predicted octanol–water partition coefficient (Wildman–Crippen LogP) is 4.94. The number of aryl methyl sites for hydroxylation is 3. The van der Waals surface area contributed by atoms with E-state index in [2.05, 4.69) is 42.2 Å². The van der Waals surface area contributed by atoms with E-state index in [-0.39, 0.29) is 12.4 Å². The van der Waals surface area contributed by atoms with Crippen molar-refractivity contribution in [3.05, 3.63) is 40.8 Å². The molecule has 0 bridgehead atoms. The second-order valence-electron chi connectivity index (χ2n) is 7.04. The van der Waals surface area contributed by atoms with Crippen molar-refractivity contribution in [1.82, 2.24) is 15.1 Å². The van der Waals surface area contributed by atoms with Crippen LogP contribution in [0.2, 0.25) is 0 Å². The van der Waals surface area contributed by atoms with Crippen LogP contribution in [0.5, 0.6) is 0 Å². The van der Waals surface area contributed by atoms with Gasteiger partial charge in [-0.05, 0) is 39.2 Å². The highest BCUT2D eigenvalue weighted by Crippen LogP contribution is 2.38. The van der Waals surface area contributed by atoms with Crippen LogP contribution in [0.1, 0.15) is 48.3 Å². The monoisotopic (exact) mass is 390 g/mol. The van der Waals surface area contributed by atoms with Crippen molar-refractivity contribution in [3.63, 3.8) is 0 Å². The second-order valence-corrected chi connectivity index (χ2v) is 8.04. The Morgan fingerprint density at radius 3 is 2.54 bits per heavy atom. The van der Waals surface area contributed by atoms with E-state index in [1.54, 1.807) is 11.3 Å². The Kier molecular flexibility index (Phi) is 5.19. The minimum absolute atomic E-state index is 0. The maximum absolute atomic E-state index is 6.44. The lowest BCUT2D eigenvalue weighted by Crippen LogP contribution is -2.34. The summed E-state index contributed by atoms with van der Waals surface area (Å²) in [4.78, 5) is 10.3. The second kappa shape index (κ2) is 7.10. The van der Waals surface area contributed by atoms with Crippen molar-refractivity contribution in [2.45, 2.75) is 52.0 Å². The molecule has 7 heteroatoms. The van der Waals surface area contributed by atoms with Crippen molar-refractivity contribution >= 4 is 23.7 Å². The average Bonchev–Trinajstić information content (AvgIpc) is 3.27. The van der Waals surface area contributed by atoms with Gasteiger partial charge in [0.25, 0.3) is 5.89 Å². The third-order valence-corrected chi connectivity index (χ3v) is 6.15. The van der Waals surface area contributed by atoms with E-state index in [0.717, 1.165) is 46.8 Å². The summed E-state index contributed by atoms with van der Waals surface area (Å²) >= 11 is 1.59. The predicted molar refractivity (Wildman–Crippen MR) is 107 cm³/mol. The number of benzene rings is 1. The zero-order valence-electron chi connectivity index (χ0n) is 15.2. The van der Waals surface area contributed by atoms with Crippen LogP contribution in [-0.2, 0) is 5.54 Å². The molecule has 5 nitrogen and oxygen atoms in total. The van der Waals surface area contributed by atoms with Gasteiger partial charge in [-0.15, -0.1) is 23.7 Å². The molecular formula is C19H23ClN4OS. The summed E-state index contributed by atoms with van der Waals surface area (Å²) in [6.07, 6.45) is 4.08. The summed E-state index contributed by atoms with van der Waals surface area (Å²) in [5.41, 5.74) is 10.5. The number of hydrogen-bond acceptors (Lipinski definition) is 6. The van der Waals surface area contributed by atoms with Gasteiger partial charge in [0.05, 0.1) is 11.2 Å². The molecule has 3 aromatic rings. The van der Waals surface area contributed by atoms with Crippen molar-refractivity contribution in [1.29, 1.82) is 0 Å². The van der Waals surface area contributed by atoms with Crippen LogP contribution in [0.15, 0.2) is 22.7 Å². The van der Waals surface area contributed by atoms with Crippen LogP contribution < -0.4 is 5.73 Å². The molecule has 0 saturated heterocycles. The number of halogens is 1. The van der Waals surface area contributed by atoms with Crippen LogP contribution >= 0.6 is 23.7 Å². The minimum atomic E-state index is -0.434. The van der Waals surface area contributed by atoms with Crippen molar-refractivity contribution in [3.8, 4) is 21.3 Å². The summed E-state index contributed by atoms with van der Waals surface area (Å²) in [6.45, 7) is 6.19. The molecule has 1 fully saturated rings. The Balaban J connectivity index is 0.00000196. The smallest absolute Gasteiger partial charge is 0.270 e. The highest BCUT2D eigenvalue weighted by molar-refractivity contribution is 7.18. The quantitative estimate of drug-likeness (QED) is 0.685. The SMILES string of the molecule is Cc1ccc(-c2nc(C)c(-c3nc(C4(N)CCCC4)no3)s2)c(C)c1.Cl. The molecule has 2 heterocycles. The normalized spacial score (nSPS) is 15.8. The van der Waals surface area contributed by atoms with Crippen molar-refractivity contribution in [2.24, 2.45) is 5.73 Å².